The minimum absolute atomic E-state index is 0.728. The number of rotatable bonds is 4. The van der Waals surface area contributed by atoms with Crippen LogP contribution in [0.4, 0.5) is 0 Å². The van der Waals surface area contributed by atoms with E-state index in [0.29, 0.717) is 0 Å². The van der Waals surface area contributed by atoms with Gasteiger partial charge in [-0.2, -0.15) is 0 Å². The first kappa shape index (κ1) is 9.89. The van der Waals surface area contributed by atoms with Gasteiger partial charge in [0.05, 0.1) is 0 Å². The van der Waals surface area contributed by atoms with Crippen molar-refractivity contribution >= 4 is 6.29 Å². The third-order valence-corrected chi connectivity index (χ3v) is 1.97. The smallest absolute Gasteiger partial charge is 0.150 e. The molecule has 0 amide bonds. The average molecular weight is 178 g/mol. The molecule has 1 aromatic carbocycles. The first-order valence-corrected chi connectivity index (χ1v) is 4.19. The number of carbonyl (C=O) groups is 1. The number of hydrazine groups is 1. The van der Waals surface area contributed by atoms with Crippen LogP contribution >= 0.6 is 0 Å². The maximum atomic E-state index is 10.7. The summed E-state index contributed by atoms with van der Waals surface area (Å²) < 4.78 is 0. The molecule has 0 aliphatic heterocycles. The highest BCUT2D eigenvalue weighted by Gasteiger charge is 2.01. The number of nitrogens with one attached hydrogen (secondary N) is 1. The fourth-order valence-electron chi connectivity index (χ4n) is 1.13. The number of nitrogens with zero attached hydrogens (tertiary/aromatic N) is 1. The van der Waals surface area contributed by atoms with Crippen molar-refractivity contribution in [1.82, 2.24) is 10.4 Å². The van der Waals surface area contributed by atoms with Gasteiger partial charge in [0.25, 0.3) is 0 Å². The second-order valence-electron chi connectivity index (χ2n) is 2.90. The molecule has 0 aliphatic carbocycles. The summed E-state index contributed by atoms with van der Waals surface area (Å²) in [7, 11) is 3.78. The molecule has 3 nitrogen and oxygen atoms in total. The van der Waals surface area contributed by atoms with Crippen molar-refractivity contribution in [3.8, 4) is 0 Å². The Hall–Kier alpha value is -1.19. The van der Waals surface area contributed by atoms with Crippen LogP contribution in [-0.2, 0) is 6.54 Å². The Morgan fingerprint density at radius 3 is 2.77 bits per heavy atom. The summed E-state index contributed by atoms with van der Waals surface area (Å²) in [5.74, 6) is 0. The van der Waals surface area contributed by atoms with Gasteiger partial charge in [0.2, 0.25) is 0 Å². The molecule has 0 heterocycles. The van der Waals surface area contributed by atoms with Gasteiger partial charge < -0.3 is 0 Å². The highest BCUT2D eigenvalue weighted by molar-refractivity contribution is 5.77. The normalized spacial score (nSPS) is 10.4. The van der Waals surface area contributed by atoms with Gasteiger partial charge in [-0.3, -0.25) is 10.2 Å². The van der Waals surface area contributed by atoms with Crippen LogP contribution in [-0.4, -0.2) is 25.4 Å². The zero-order valence-corrected chi connectivity index (χ0v) is 7.95. The van der Waals surface area contributed by atoms with Crippen molar-refractivity contribution in [1.29, 1.82) is 0 Å². The van der Waals surface area contributed by atoms with Crippen molar-refractivity contribution in [3.05, 3.63) is 35.4 Å². The summed E-state index contributed by atoms with van der Waals surface area (Å²) in [5, 5.41) is 1.92. The van der Waals surface area contributed by atoms with Crippen LogP contribution in [0, 0.1) is 0 Å². The van der Waals surface area contributed by atoms with Crippen molar-refractivity contribution in [2.24, 2.45) is 0 Å². The van der Waals surface area contributed by atoms with Gasteiger partial charge in [-0.1, -0.05) is 24.3 Å². The number of aldehydes is 1. The van der Waals surface area contributed by atoms with E-state index in [2.05, 4.69) is 5.43 Å². The van der Waals surface area contributed by atoms with Gasteiger partial charge in [0, 0.05) is 19.2 Å². The minimum Gasteiger partial charge on any atom is -0.298 e. The summed E-state index contributed by atoms with van der Waals surface area (Å²) in [6.45, 7) is 0.728. The number of hydrogen-bond acceptors (Lipinski definition) is 3. The number of carbonyl (C=O) groups excluding carboxylic acids is 1. The van der Waals surface area contributed by atoms with Gasteiger partial charge in [-0.25, -0.2) is 5.01 Å². The minimum atomic E-state index is 0.728. The Morgan fingerprint density at radius 2 is 2.15 bits per heavy atom. The van der Waals surface area contributed by atoms with Crippen LogP contribution < -0.4 is 5.43 Å². The maximum absolute atomic E-state index is 10.7. The molecular weight excluding hydrogens is 164 g/mol. The predicted octanol–water partition coefficient (Wildman–Crippen LogP) is 1.07. The van der Waals surface area contributed by atoms with E-state index >= 15 is 0 Å². The Balaban J connectivity index is 2.80. The summed E-state index contributed by atoms with van der Waals surface area (Å²) in [4.78, 5) is 10.7. The Bertz CT molecular complexity index is 286. The lowest BCUT2D eigenvalue weighted by molar-refractivity contribution is 0.112. The molecule has 0 spiro atoms. The SMILES string of the molecule is CNN(C)Cc1ccccc1C=O. The van der Waals surface area contributed by atoms with E-state index < -0.39 is 0 Å². The van der Waals surface area contributed by atoms with E-state index in [0.717, 1.165) is 24.0 Å². The lowest BCUT2D eigenvalue weighted by Crippen LogP contribution is -2.30. The molecule has 0 fully saturated rings. The Morgan fingerprint density at radius 1 is 1.46 bits per heavy atom. The molecule has 0 radical (unpaired) electrons. The van der Waals surface area contributed by atoms with Gasteiger partial charge in [0.15, 0.2) is 0 Å². The van der Waals surface area contributed by atoms with E-state index in [1.807, 2.05) is 43.4 Å². The molecule has 3 heteroatoms. The largest absolute Gasteiger partial charge is 0.298 e. The molecule has 0 aliphatic rings. The van der Waals surface area contributed by atoms with Crippen LogP contribution in [0.25, 0.3) is 0 Å². The van der Waals surface area contributed by atoms with Crippen molar-refractivity contribution < 1.29 is 4.79 Å². The molecule has 1 rings (SSSR count). The average Bonchev–Trinajstić information content (AvgIpc) is 2.18. The van der Waals surface area contributed by atoms with E-state index in [4.69, 9.17) is 0 Å². The Kier molecular flexibility index (Phi) is 3.61. The topological polar surface area (TPSA) is 32.3 Å². The van der Waals surface area contributed by atoms with Crippen LogP contribution in [0.3, 0.4) is 0 Å². The molecule has 0 saturated heterocycles. The lowest BCUT2D eigenvalue weighted by Gasteiger charge is -2.15. The van der Waals surface area contributed by atoms with E-state index in [1.54, 1.807) is 0 Å². The molecule has 0 aromatic heterocycles. The molecule has 0 atom stereocenters. The summed E-state index contributed by atoms with van der Waals surface area (Å²) in [6, 6.07) is 7.59. The van der Waals surface area contributed by atoms with E-state index in [9.17, 15) is 4.79 Å². The van der Waals surface area contributed by atoms with E-state index in [1.165, 1.54) is 0 Å². The molecule has 0 saturated carbocycles. The third kappa shape index (κ3) is 2.65. The second-order valence-corrected chi connectivity index (χ2v) is 2.90. The predicted molar refractivity (Wildman–Crippen MR) is 52.4 cm³/mol. The first-order chi connectivity index (χ1) is 6.27. The molecule has 1 aromatic rings. The fraction of sp³-hybridized carbons (Fsp3) is 0.300. The molecular formula is C10H14N2O. The summed E-state index contributed by atoms with van der Waals surface area (Å²) in [6.07, 6.45) is 0.888. The van der Waals surface area contributed by atoms with Crippen LogP contribution in [0.15, 0.2) is 24.3 Å². The zero-order valence-electron chi connectivity index (χ0n) is 7.95. The van der Waals surface area contributed by atoms with Crippen molar-refractivity contribution in [2.75, 3.05) is 14.1 Å². The maximum Gasteiger partial charge on any atom is 0.150 e. The van der Waals surface area contributed by atoms with Crippen LogP contribution in [0.5, 0.6) is 0 Å². The molecule has 1 N–H and O–H groups in total. The first-order valence-electron chi connectivity index (χ1n) is 4.19. The quantitative estimate of drug-likeness (QED) is 0.553. The standard InChI is InChI=1S/C10H14N2O/c1-11-12(2)7-9-5-3-4-6-10(9)8-13/h3-6,8,11H,7H2,1-2H3. The van der Waals surface area contributed by atoms with Crippen LogP contribution in [0.2, 0.25) is 0 Å². The van der Waals surface area contributed by atoms with Gasteiger partial charge in [-0.05, 0) is 12.6 Å². The Labute approximate surface area is 78.3 Å². The summed E-state index contributed by atoms with van der Waals surface area (Å²) >= 11 is 0. The number of benzene rings is 1. The van der Waals surface area contributed by atoms with Crippen LogP contribution in [0.1, 0.15) is 15.9 Å². The summed E-state index contributed by atoms with van der Waals surface area (Å²) in [5.41, 5.74) is 4.77. The van der Waals surface area contributed by atoms with Crippen molar-refractivity contribution in [3.63, 3.8) is 0 Å². The molecule has 0 unspecified atom stereocenters. The van der Waals surface area contributed by atoms with Gasteiger partial charge in [-0.15, -0.1) is 0 Å². The molecule has 70 valence electrons. The fourth-order valence-corrected chi connectivity index (χ4v) is 1.13. The second kappa shape index (κ2) is 4.74. The number of hydrogen-bond donors (Lipinski definition) is 1. The molecule has 0 bridgehead atoms. The van der Waals surface area contributed by atoms with Crippen molar-refractivity contribution in [2.45, 2.75) is 6.54 Å². The third-order valence-electron chi connectivity index (χ3n) is 1.97. The van der Waals surface area contributed by atoms with Gasteiger partial charge in [0.1, 0.15) is 6.29 Å². The zero-order chi connectivity index (χ0) is 9.68. The highest BCUT2D eigenvalue weighted by Crippen LogP contribution is 2.07. The monoisotopic (exact) mass is 178 g/mol. The highest BCUT2D eigenvalue weighted by atomic mass is 16.1. The van der Waals surface area contributed by atoms with Gasteiger partial charge >= 0.3 is 0 Å². The van der Waals surface area contributed by atoms with E-state index in [-0.39, 0.29) is 0 Å². The molecule has 13 heavy (non-hydrogen) atoms. The lowest BCUT2D eigenvalue weighted by atomic mass is 10.1.